The monoisotopic (exact) mass is 285 g/mol. The minimum absolute atomic E-state index is 0.0827. The summed E-state index contributed by atoms with van der Waals surface area (Å²) in [6.45, 7) is 6.11. The molecule has 1 aliphatic heterocycles. The van der Waals surface area contributed by atoms with E-state index in [9.17, 15) is 4.39 Å². The van der Waals surface area contributed by atoms with Gasteiger partial charge in [-0.2, -0.15) is 0 Å². The van der Waals surface area contributed by atoms with Gasteiger partial charge in [0.15, 0.2) is 11.6 Å². The molecule has 0 fully saturated rings. The maximum Gasteiger partial charge on any atom is 0.165 e. The molecule has 0 aliphatic carbocycles. The Morgan fingerprint density at radius 1 is 1.19 bits per heavy atom. The number of aryl methyl sites for hydroxylation is 1. The van der Waals surface area contributed by atoms with Crippen LogP contribution in [-0.2, 0) is 6.54 Å². The Balaban J connectivity index is 2.04. The molecule has 0 saturated carbocycles. The van der Waals surface area contributed by atoms with Crippen LogP contribution in [0.4, 0.5) is 4.39 Å². The maximum atomic E-state index is 14.0. The lowest BCUT2D eigenvalue weighted by atomic mass is 10.0. The van der Waals surface area contributed by atoms with Gasteiger partial charge in [0.25, 0.3) is 0 Å². The van der Waals surface area contributed by atoms with Crippen molar-refractivity contribution in [3.05, 3.63) is 52.9 Å². The topological polar surface area (TPSA) is 47.4 Å². The number of hydrogen-bond donors (Lipinski definition) is 0. The first kappa shape index (κ1) is 13.7. The van der Waals surface area contributed by atoms with Gasteiger partial charge in [0, 0.05) is 11.3 Å². The molecular weight excluding hydrogens is 269 g/mol. The molecule has 0 amide bonds. The molecule has 3 rings (SSSR count). The third-order valence-corrected chi connectivity index (χ3v) is 3.23. The fraction of sp³-hybridized carbons (Fsp3) is 0.312. The number of halogens is 1. The van der Waals surface area contributed by atoms with Crippen molar-refractivity contribution in [3.8, 4) is 5.75 Å². The van der Waals surface area contributed by atoms with Crippen LogP contribution in [0, 0.1) is 12.7 Å². The Labute approximate surface area is 122 Å². The molecule has 1 aromatic heterocycles. The van der Waals surface area contributed by atoms with E-state index in [4.69, 9.17) is 4.74 Å². The fourth-order valence-corrected chi connectivity index (χ4v) is 2.34. The van der Waals surface area contributed by atoms with Crippen LogP contribution >= 0.6 is 0 Å². The zero-order valence-electron chi connectivity index (χ0n) is 12.2. The smallest absolute Gasteiger partial charge is 0.165 e. The Morgan fingerprint density at radius 3 is 2.71 bits per heavy atom. The molecule has 108 valence electrons. The van der Waals surface area contributed by atoms with E-state index >= 15 is 0 Å². The van der Waals surface area contributed by atoms with Crippen LogP contribution in [0.2, 0.25) is 0 Å². The van der Waals surface area contributed by atoms with E-state index < -0.39 is 0 Å². The predicted octanol–water partition coefficient (Wildman–Crippen LogP) is 3.06. The van der Waals surface area contributed by atoms with E-state index in [0.717, 1.165) is 28.2 Å². The molecule has 5 heteroatoms. The molecule has 2 aromatic rings. The molecule has 0 saturated heterocycles. The van der Waals surface area contributed by atoms with E-state index in [0.29, 0.717) is 6.54 Å². The minimum atomic E-state index is -0.349. The zero-order chi connectivity index (χ0) is 15.0. The second-order valence-corrected chi connectivity index (χ2v) is 5.32. The lowest BCUT2D eigenvalue weighted by molar-refractivity contribution is 0.231. The van der Waals surface area contributed by atoms with Crippen molar-refractivity contribution in [2.24, 2.45) is 4.99 Å². The number of benzene rings is 1. The third kappa shape index (κ3) is 2.63. The number of rotatable bonds is 3. The van der Waals surface area contributed by atoms with Crippen LogP contribution in [0.3, 0.4) is 0 Å². The van der Waals surface area contributed by atoms with Crippen LogP contribution in [0.5, 0.6) is 5.75 Å². The van der Waals surface area contributed by atoms with E-state index in [1.54, 1.807) is 6.07 Å². The van der Waals surface area contributed by atoms with Gasteiger partial charge in [0.2, 0.25) is 0 Å². The van der Waals surface area contributed by atoms with Crippen molar-refractivity contribution in [1.29, 1.82) is 0 Å². The summed E-state index contributed by atoms with van der Waals surface area (Å²) in [7, 11) is 0. The summed E-state index contributed by atoms with van der Waals surface area (Å²) in [6.07, 6.45) is 1.43. The normalized spacial score (nSPS) is 13.3. The van der Waals surface area contributed by atoms with Crippen LogP contribution in [-0.4, -0.2) is 21.8 Å². The number of aliphatic imine (C=N–C) groups is 1. The molecular formula is C16H16FN3O. The van der Waals surface area contributed by atoms with Crippen LogP contribution in [0.15, 0.2) is 29.5 Å². The van der Waals surface area contributed by atoms with E-state index in [2.05, 4.69) is 15.0 Å². The second kappa shape index (κ2) is 5.24. The highest BCUT2D eigenvalue weighted by Gasteiger charge is 2.22. The first-order chi connectivity index (χ1) is 10.0. The van der Waals surface area contributed by atoms with Crippen molar-refractivity contribution in [3.63, 3.8) is 0 Å². The molecule has 1 aromatic carbocycles. The van der Waals surface area contributed by atoms with Crippen LogP contribution in [0.25, 0.3) is 0 Å². The molecule has 0 radical (unpaired) electrons. The molecule has 0 bridgehead atoms. The van der Waals surface area contributed by atoms with Crippen molar-refractivity contribution in [1.82, 2.24) is 9.97 Å². The molecule has 0 spiro atoms. The summed E-state index contributed by atoms with van der Waals surface area (Å²) in [4.78, 5) is 12.8. The average molecular weight is 285 g/mol. The summed E-state index contributed by atoms with van der Waals surface area (Å²) < 4.78 is 19.5. The lowest BCUT2D eigenvalue weighted by Gasteiger charge is -2.13. The predicted molar refractivity (Wildman–Crippen MR) is 78.3 cm³/mol. The molecule has 21 heavy (non-hydrogen) atoms. The van der Waals surface area contributed by atoms with Crippen molar-refractivity contribution >= 4 is 5.71 Å². The fourth-order valence-electron chi connectivity index (χ4n) is 2.34. The Hall–Kier alpha value is -2.30. The maximum absolute atomic E-state index is 14.0. The lowest BCUT2D eigenvalue weighted by Crippen LogP contribution is -2.10. The van der Waals surface area contributed by atoms with Crippen LogP contribution < -0.4 is 4.74 Å². The summed E-state index contributed by atoms with van der Waals surface area (Å²) in [5.74, 6) is -0.0955. The standard InChI is InChI=1S/C16H16FN3O/c1-9(2)21-15-6-12-11(5-13(15)17)7-18-16(12)14-4-10(3)19-8-20-14/h4-6,8-9H,7H2,1-3H3. The largest absolute Gasteiger partial charge is 0.488 e. The van der Waals surface area contributed by atoms with Crippen molar-refractivity contribution in [2.45, 2.75) is 33.4 Å². The Bertz CT molecular complexity index is 725. The number of aromatic nitrogens is 2. The molecule has 0 unspecified atom stereocenters. The number of hydrogen-bond acceptors (Lipinski definition) is 4. The Morgan fingerprint density at radius 2 is 2.00 bits per heavy atom. The van der Waals surface area contributed by atoms with Gasteiger partial charge in [-0.25, -0.2) is 14.4 Å². The number of fused-ring (bicyclic) bond motifs is 1. The van der Waals surface area contributed by atoms with Gasteiger partial charge >= 0.3 is 0 Å². The van der Waals surface area contributed by atoms with Gasteiger partial charge in [-0.05, 0) is 44.5 Å². The van der Waals surface area contributed by atoms with Crippen LogP contribution in [0.1, 0.15) is 36.4 Å². The SMILES string of the molecule is Cc1cc(C2=NCc3cc(F)c(OC(C)C)cc32)ncn1. The van der Waals surface area contributed by atoms with Gasteiger partial charge in [0.05, 0.1) is 24.1 Å². The highest BCUT2D eigenvalue weighted by molar-refractivity contribution is 6.14. The van der Waals surface area contributed by atoms with Gasteiger partial charge < -0.3 is 4.74 Å². The second-order valence-electron chi connectivity index (χ2n) is 5.32. The summed E-state index contributed by atoms with van der Waals surface area (Å²) >= 11 is 0. The van der Waals surface area contributed by atoms with Gasteiger partial charge in [0.1, 0.15) is 6.33 Å². The van der Waals surface area contributed by atoms with E-state index in [1.165, 1.54) is 12.4 Å². The van der Waals surface area contributed by atoms with Gasteiger partial charge in [-0.1, -0.05) is 0 Å². The average Bonchev–Trinajstić information content (AvgIpc) is 2.81. The molecule has 0 N–H and O–H groups in total. The highest BCUT2D eigenvalue weighted by atomic mass is 19.1. The van der Waals surface area contributed by atoms with E-state index in [-0.39, 0.29) is 17.7 Å². The first-order valence-corrected chi connectivity index (χ1v) is 6.87. The number of nitrogens with zero attached hydrogens (tertiary/aromatic N) is 3. The van der Waals surface area contributed by atoms with Gasteiger partial charge in [-0.3, -0.25) is 4.99 Å². The highest BCUT2D eigenvalue weighted by Crippen LogP contribution is 2.29. The molecule has 2 heterocycles. The van der Waals surface area contributed by atoms with E-state index in [1.807, 2.05) is 26.8 Å². The molecule has 1 aliphatic rings. The Kier molecular flexibility index (Phi) is 3.41. The minimum Gasteiger partial charge on any atom is -0.488 e. The number of ether oxygens (including phenoxy) is 1. The summed E-state index contributed by atoms with van der Waals surface area (Å²) in [5.41, 5.74) is 4.13. The third-order valence-electron chi connectivity index (χ3n) is 3.23. The quantitative estimate of drug-likeness (QED) is 0.870. The first-order valence-electron chi connectivity index (χ1n) is 6.87. The summed E-state index contributed by atoms with van der Waals surface area (Å²) in [6, 6.07) is 5.09. The molecule has 4 nitrogen and oxygen atoms in total. The van der Waals surface area contributed by atoms with Crippen molar-refractivity contribution in [2.75, 3.05) is 0 Å². The molecule has 0 atom stereocenters. The summed E-state index contributed by atoms with van der Waals surface area (Å²) in [5, 5.41) is 0. The zero-order valence-corrected chi connectivity index (χ0v) is 12.2. The van der Waals surface area contributed by atoms with Crippen molar-refractivity contribution < 1.29 is 9.13 Å². The van der Waals surface area contributed by atoms with Gasteiger partial charge in [-0.15, -0.1) is 0 Å².